The molecule has 1 N–H and O–H groups in total. The molecule has 0 atom stereocenters. The first-order valence-electron chi connectivity index (χ1n) is 5.33. The first-order valence-corrected chi connectivity index (χ1v) is 6.14. The number of rotatable bonds is 3. The van der Waals surface area contributed by atoms with Crippen LogP contribution in [0.3, 0.4) is 0 Å². The maximum absolute atomic E-state index is 5.73. The van der Waals surface area contributed by atoms with Gasteiger partial charge >= 0.3 is 0 Å². The summed E-state index contributed by atoms with van der Waals surface area (Å²) in [5.41, 5.74) is 0.882. The van der Waals surface area contributed by atoms with Gasteiger partial charge in [0.1, 0.15) is 10.6 Å². The average Bonchev–Trinajstić information content (AvgIpc) is 2.94. The monoisotopic (exact) mass is 245 g/mol. The van der Waals surface area contributed by atoms with E-state index in [4.69, 9.17) is 4.42 Å². The molecule has 0 aliphatic rings. The van der Waals surface area contributed by atoms with Crippen molar-refractivity contribution in [1.29, 1.82) is 0 Å². The molecule has 5 heteroatoms. The second-order valence-electron chi connectivity index (χ2n) is 3.68. The van der Waals surface area contributed by atoms with E-state index in [0.717, 1.165) is 33.3 Å². The Kier molecular flexibility index (Phi) is 2.62. The standard InChI is InChI=1S/C12H11N3OS/c1-13-7-11-14-15-12(17-11)10-6-8-4-2-3-5-9(8)16-10/h2-6,13H,7H2,1H3. The van der Waals surface area contributed by atoms with E-state index in [1.165, 1.54) is 0 Å². The Morgan fingerprint density at radius 2 is 2.18 bits per heavy atom. The van der Waals surface area contributed by atoms with Crippen molar-refractivity contribution < 1.29 is 4.42 Å². The third-order valence-corrected chi connectivity index (χ3v) is 3.37. The first kappa shape index (κ1) is 10.4. The van der Waals surface area contributed by atoms with Crippen LogP contribution in [0.4, 0.5) is 0 Å². The van der Waals surface area contributed by atoms with Crippen LogP contribution in [0.25, 0.3) is 21.7 Å². The normalized spacial score (nSPS) is 11.1. The van der Waals surface area contributed by atoms with Gasteiger partial charge in [0.2, 0.25) is 0 Å². The molecular formula is C12H11N3OS. The summed E-state index contributed by atoms with van der Waals surface area (Å²) < 4.78 is 5.73. The van der Waals surface area contributed by atoms with Gasteiger partial charge in [0.15, 0.2) is 10.8 Å². The molecule has 0 aliphatic heterocycles. The number of benzene rings is 1. The smallest absolute Gasteiger partial charge is 0.183 e. The lowest BCUT2D eigenvalue weighted by Gasteiger charge is -1.88. The molecule has 0 amide bonds. The Labute approximate surface area is 102 Å². The molecule has 1 aromatic carbocycles. The third kappa shape index (κ3) is 1.94. The minimum Gasteiger partial charge on any atom is -0.453 e. The SMILES string of the molecule is CNCc1nnc(-c2cc3ccccc3o2)s1. The Bertz CT molecular complexity index is 611. The fourth-order valence-electron chi connectivity index (χ4n) is 1.66. The van der Waals surface area contributed by atoms with Crippen LogP contribution in [0.1, 0.15) is 5.01 Å². The highest BCUT2D eigenvalue weighted by atomic mass is 32.1. The van der Waals surface area contributed by atoms with Crippen LogP contribution in [-0.4, -0.2) is 17.2 Å². The lowest BCUT2D eigenvalue weighted by molar-refractivity contribution is 0.629. The summed E-state index contributed by atoms with van der Waals surface area (Å²) in [6.07, 6.45) is 0. The van der Waals surface area contributed by atoms with Gasteiger partial charge in [0.05, 0.1) is 0 Å². The van der Waals surface area contributed by atoms with E-state index in [9.17, 15) is 0 Å². The molecule has 0 saturated heterocycles. The van der Waals surface area contributed by atoms with Crippen molar-refractivity contribution in [2.45, 2.75) is 6.54 Å². The topological polar surface area (TPSA) is 51.0 Å². The van der Waals surface area contributed by atoms with E-state index in [-0.39, 0.29) is 0 Å². The van der Waals surface area contributed by atoms with Crippen LogP contribution in [0, 0.1) is 0 Å². The Hall–Kier alpha value is -1.72. The second-order valence-corrected chi connectivity index (χ2v) is 4.74. The van der Waals surface area contributed by atoms with Crippen molar-refractivity contribution in [3.8, 4) is 10.8 Å². The molecule has 3 rings (SSSR count). The zero-order chi connectivity index (χ0) is 11.7. The minimum absolute atomic E-state index is 0.734. The fraction of sp³-hybridized carbons (Fsp3) is 0.167. The summed E-state index contributed by atoms with van der Waals surface area (Å²) in [7, 11) is 1.89. The van der Waals surface area contributed by atoms with Crippen molar-refractivity contribution in [3.05, 3.63) is 35.3 Å². The molecule has 2 aromatic heterocycles. The lowest BCUT2D eigenvalue weighted by Crippen LogP contribution is -2.04. The number of aromatic nitrogens is 2. The molecule has 0 fully saturated rings. The summed E-state index contributed by atoms with van der Waals surface area (Å²) in [4.78, 5) is 0. The maximum atomic E-state index is 5.73. The second kappa shape index (κ2) is 4.27. The molecule has 86 valence electrons. The first-order chi connectivity index (χ1) is 8.36. The van der Waals surface area contributed by atoms with Gasteiger partial charge in [-0.25, -0.2) is 0 Å². The van der Waals surface area contributed by atoms with Crippen LogP contribution < -0.4 is 5.32 Å². The van der Waals surface area contributed by atoms with Crippen LogP contribution in [0.2, 0.25) is 0 Å². The third-order valence-electron chi connectivity index (χ3n) is 2.43. The molecule has 0 saturated carbocycles. The van der Waals surface area contributed by atoms with E-state index in [2.05, 4.69) is 15.5 Å². The quantitative estimate of drug-likeness (QED) is 0.770. The lowest BCUT2D eigenvalue weighted by atomic mass is 10.2. The van der Waals surface area contributed by atoms with Gasteiger partial charge in [-0.05, 0) is 19.2 Å². The van der Waals surface area contributed by atoms with Crippen molar-refractivity contribution in [2.24, 2.45) is 0 Å². The van der Waals surface area contributed by atoms with E-state index >= 15 is 0 Å². The van der Waals surface area contributed by atoms with E-state index < -0.39 is 0 Å². The summed E-state index contributed by atoms with van der Waals surface area (Å²) >= 11 is 1.55. The number of furan rings is 1. The van der Waals surface area contributed by atoms with Crippen molar-refractivity contribution in [1.82, 2.24) is 15.5 Å². The van der Waals surface area contributed by atoms with E-state index in [1.807, 2.05) is 37.4 Å². The molecule has 0 radical (unpaired) electrons. The molecule has 3 aromatic rings. The van der Waals surface area contributed by atoms with Gasteiger partial charge in [0.25, 0.3) is 0 Å². The largest absolute Gasteiger partial charge is 0.453 e. The molecule has 0 unspecified atom stereocenters. The van der Waals surface area contributed by atoms with E-state index in [1.54, 1.807) is 11.3 Å². The number of hydrogen-bond acceptors (Lipinski definition) is 5. The number of nitrogens with one attached hydrogen (secondary N) is 1. The predicted molar refractivity (Wildman–Crippen MR) is 67.9 cm³/mol. The number of fused-ring (bicyclic) bond motifs is 1. The molecule has 0 bridgehead atoms. The Morgan fingerprint density at radius 3 is 3.00 bits per heavy atom. The van der Waals surface area contributed by atoms with Crippen molar-refractivity contribution in [3.63, 3.8) is 0 Å². The highest BCUT2D eigenvalue weighted by Crippen LogP contribution is 2.29. The van der Waals surface area contributed by atoms with Crippen LogP contribution >= 0.6 is 11.3 Å². The van der Waals surface area contributed by atoms with Gasteiger partial charge in [-0.1, -0.05) is 29.5 Å². The van der Waals surface area contributed by atoms with Gasteiger partial charge in [-0.3, -0.25) is 0 Å². The molecule has 2 heterocycles. The molecule has 0 aliphatic carbocycles. The van der Waals surface area contributed by atoms with Gasteiger partial charge in [0, 0.05) is 11.9 Å². The Balaban J connectivity index is 2.01. The average molecular weight is 245 g/mol. The zero-order valence-corrected chi connectivity index (χ0v) is 10.1. The van der Waals surface area contributed by atoms with Gasteiger partial charge in [-0.15, -0.1) is 10.2 Å². The number of para-hydroxylation sites is 1. The summed E-state index contributed by atoms with van der Waals surface area (Å²) in [6, 6.07) is 9.93. The van der Waals surface area contributed by atoms with Crippen LogP contribution in [0.5, 0.6) is 0 Å². The predicted octanol–water partition coefficient (Wildman–Crippen LogP) is 2.67. The highest BCUT2D eigenvalue weighted by Gasteiger charge is 2.11. The maximum Gasteiger partial charge on any atom is 0.183 e. The molecule has 0 spiro atoms. The number of nitrogens with zero attached hydrogens (tertiary/aromatic N) is 2. The molecule has 17 heavy (non-hydrogen) atoms. The van der Waals surface area contributed by atoms with Gasteiger partial charge in [-0.2, -0.15) is 0 Å². The van der Waals surface area contributed by atoms with Crippen LogP contribution in [0.15, 0.2) is 34.7 Å². The van der Waals surface area contributed by atoms with E-state index in [0.29, 0.717) is 0 Å². The summed E-state index contributed by atoms with van der Waals surface area (Å²) in [6.45, 7) is 0.734. The Morgan fingerprint density at radius 1 is 1.29 bits per heavy atom. The van der Waals surface area contributed by atoms with Crippen molar-refractivity contribution in [2.75, 3.05) is 7.05 Å². The van der Waals surface area contributed by atoms with Gasteiger partial charge < -0.3 is 9.73 Å². The summed E-state index contributed by atoms with van der Waals surface area (Å²) in [5.74, 6) is 0.783. The molecular weight excluding hydrogens is 234 g/mol. The number of hydrogen-bond donors (Lipinski definition) is 1. The van der Waals surface area contributed by atoms with Crippen LogP contribution in [-0.2, 0) is 6.54 Å². The van der Waals surface area contributed by atoms with Crippen molar-refractivity contribution >= 4 is 22.3 Å². The minimum atomic E-state index is 0.734. The zero-order valence-electron chi connectivity index (χ0n) is 9.30. The fourth-order valence-corrected chi connectivity index (χ4v) is 2.47. The summed E-state index contributed by atoms with van der Waals surface area (Å²) in [5, 5.41) is 14.2. The highest BCUT2D eigenvalue weighted by molar-refractivity contribution is 7.14. The molecule has 4 nitrogen and oxygen atoms in total.